The smallest absolute Gasteiger partial charge is 0.141 e. The summed E-state index contributed by atoms with van der Waals surface area (Å²) in [5, 5.41) is 7.62. The molecule has 0 unspecified atom stereocenters. The van der Waals surface area contributed by atoms with Gasteiger partial charge < -0.3 is 5.32 Å². The van der Waals surface area contributed by atoms with Gasteiger partial charge in [0.05, 0.1) is 11.2 Å². The first-order valence-electron chi connectivity index (χ1n) is 5.70. The van der Waals surface area contributed by atoms with Crippen molar-refractivity contribution in [2.24, 2.45) is 7.05 Å². The van der Waals surface area contributed by atoms with Crippen LogP contribution < -0.4 is 5.32 Å². The molecule has 0 spiro atoms. The van der Waals surface area contributed by atoms with Crippen LogP contribution in [0.5, 0.6) is 0 Å². The highest BCUT2D eigenvalue weighted by Gasteiger charge is 2.04. The molecule has 1 aromatic heterocycles. The first-order chi connectivity index (χ1) is 8.58. The molecule has 0 aliphatic carbocycles. The Kier molecular flexibility index (Phi) is 3.99. The van der Waals surface area contributed by atoms with Crippen LogP contribution in [0.15, 0.2) is 24.4 Å². The third-order valence-electron chi connectivity index (χ3n) is 2.97. The largest absolute Gasteiger partial charge is 0.308 e. The lowest BCUT2D eigenvalue weighted by Gasteiger charge is -2.05. The van der Waals surface area contributed by atoms with Gasteiger partial charge in [0.25, 0.3) is 0 Å². The van der Waals surface area contributed by atoms with Crippen molar-refractivity contribution in [3.8, 4) is 0 Å². The number of halogens is 2. The van der Waals surface area contributed by atoms with Crippen molar-refractivity contribution in [3.05, 3.63) is 52.1 Å². The summed E-state index contributed by atoms with van der Waals surface area (Å²) in [5.41, 5.74) is 3.26. The average Bonchev–Trinajstić information content (AvgIpc) is 2.66. The van der Waals surface area contributed by atoms with Crippen LogP contribution in [-0.2, 0) is 20.1 Å². The SMILES string of the molecule is Cc1c(CNCc2ccc(F)c(Cl)c2)cnn1C. The molecule has 0 bridgehead atoms. The van der Waals surface area contributed by atoms with E-state index in [1.807, 2.05) is 24.9 Å². The molecule has 0 saturated heterocycles. The van der Waals surface area contributed by atoms with E-state index in [0.29, 0.717) is 6.54 Å². The molecule has 0 aliphatic rings. The maximum atomic E-state index is 13.0. The van der Waals surface area contributed by atoms with Gasteiger partial charge in [0.1, 0.15) is 5.82 Å². The summed E-state index contributed by atoms with van der Waals surface area (Å²) in [4.78, 5) is 0. The van der Waals surface area contributed by atoms with E-state index in [2.05, 4.69) is 10.4 Å². The number of benzene rings is 1. The van der Waals surface area contributed by atoms with Crippen LogP contribution in [0.1, 0.15) is 16.8 Å². The van der Waals surface area contributed by atoms with E-state index in [1.165, 1.54) is 6.07 Å². The molecule has 5 heteroatoms. The number of aryl methyl sites for hydroxylation is 1. The van der Waals surface area contributed by atoms with Crippen LogP contribution in [0.3, 0.4) is 0 Å². The van der Waals surface area contributed by atoms with Gasteiger partial charge in [-0.05, 0) is 24.6 Å². The Balaban J connectivity index is 1.92. The molecule has 1 heterocycles. The van der Waals surface area contributed by atoms with E-state index in [4.69, 9.17) is 11.6 Å². The third kappa shape index (κ3) is 2.89. The molecule has 0 aliphatic heterocycles. The second-order valence-electron chi connectivity index (χ2n) is 4.23. The Morgan fingerprint density at radius 3 is 2.78 bits per heavy atom. The van der Waals surface area contributed by atoms with Crippen molar-refractivity contribution < 1.29 is 4.39 Å². The van der Waals surface area contributed by atoms with E-state index in [-0.39, 0.29) is 10.8 Å². The maximum Gasteiger partial charge on any atom is 0.141 e. The van der Waals surface area contributed by atoms with Crippen LogP contribution in [0, 0.1) is 12.7 Å². The number of aromatic nitrogens is 2. The van der Waals surface area contributed by atoms with Gasteiger partial charge in [-0.2, -0.15) is 5.10 Å². The van der Waals surface area contributed by atoms with Crippen molar-refractivity contribution in [1.82, 2.24) is 15.1 Å². The fourth-order valence-corrected chi connectivity index (χ4v) is 1.91. The van der Waals surface area contributed by atoms with E-state index >= 15 is 0 Å². The molecule has 0 atom stereocenters. The molecule has 0 amide bonds. The Labute approximate surface area is 111 Å². The number of nitrogens with zero attached hydrogens (tertiary/aromatic N) is 2. The van der Waals surface area contributed by atoms with Gasteiger partial charge in [0, 0.05) is 31.4 Å². The van der Waals surface area contributed by atoms with Crippen molar-refractivity contribution >= 4 is 11.6 Å². The molecule has 1 N–H and O–H groups in total. The Bertz CT molecular complexity index is 551. The number of hydrogen-bond donors (Lipinski definition) is 1. The molecule has 18 heavy (non-hydrogen) atoms. The normalized spacial score (nSPS) is 10.9. The molecule has 2 aromatic rings. The molecule has 2 rings (SSSR count). The van der Waals surface area contributed by atoms with E-state index < -0.39 is 0 Å². The lowest BCUT2D eigenvalue weighted by Crippen LogP contribution is -2.13. The van der Waals surface area contributed by atoms with Crippen LogP contribution in [0.4, 0.5) is 4.39 Å². The summed E-state index contributed by atoms with van der Waals surface area (Å²) in [6, 6.07) is 4.75. The number of rotatable bonds is 4. The molecule has 3 nitrogen and oxygen atoms in total. The highest BCUT2D eigenvalue weighted by atomic mass is 35.5. The summed E-state index contributed by atoms with van der Waals surface area (Å²) in [6.45, 7) is 3.40. The topological polar surface area (TPSA) is 29.9 Å². The minimum atomic E-state index is -0.386. The van der Waals surface area contributed by atoms with Crippen LogP contribution in [0.2, 0.25) is 5.02 Å². The second kappa shape index (κ2) is 5.50. The molecule has 1 aromatic carbocycles. The first-order valence-corrected chi connectivity index (χ1v) is 6.08. The van der Waals surface area contributed by atoms with Crippen molar-refractivity contribution in [2.75, 3.05) is 0 Å². The number of hydrogen-bond acceptors (Lipinski definition) is 2. The predicted molar refractivity (Wildman–Crippen MR) is 69.9 cm³/mol. The van der Waals surface area contributed by atoms with E-state index in [1.54, 1.807) is 12.1 Å². The highest BCUT2D eigenvalue weighted by Crippen LogP contribution is 2.16. The lowest BCUT2D eigenvalue weighted by molar-refractivity contribution is 0.625. The molecular formula is C13H15ClFN3. The van der Waals surface area contributed by atoms with Crippen LogP contribution in [-0.4, -0.2) is 9.78 Å². The van der Waals surface area contributed by atoms with Crippen LogP contribution >= 0.6 is 11.6 Å². The summed E-state index contributed by atoms with van der Waals surface area (Å²) in [5.74, 6) is -0.386. The van der Waals surface area contributed by atoms with Gasteiger partial charge >= 0.3 is 0 Å². The zero-order valence-electron chi connectivity index (χ0n) is 10.4. The van der Waals surface area contributed by atoms with Crippen molar-refractivity contribution in [1.29, 1.82) is 0 Å². The lowest BCUT2D eigenvalue weighted by atomic mass is 10.2. The summed E-state index contributed by atoms with van der Waals surface area (Å²) >= 11 is 5.72. The van der Waals surface area contributed by atoms with Gasteiger partial charge in [-0.1, -0.05) is 17.7 Å². The zero-order valence-corrected chi connectivity index (χ0v) is 11.1. The van der Waals surface area contributed by atoms with Crippen molar-refractivity contribution in [3.63, 3.8) is 0 Å². The van der Waals surface area contributed by atoms with Gasteiger partial charge in [-0.15, -0.1) is 0 Å². The third-order valence-corrected chi connectivity index (χ3v) is 3.26. The summed E-state index contributed by atoms with van der Waals surface area (Å²) < 4.78 is 14.8. The van der Waals surface area contributed by atoms with Gasteiger partial charge in [-0.25, -0.2) is 4.39 Å². The molecule has 96 valence electrons. The quantitative estimate of drug-likeness (QED) is 0.923. The minimum absolute atomic E-state index is 0.159. The Morgan fingerprint density at radius 2 is 2.17 bits per heavy atom. The summed E-state index contributed by atoms with van der Waals surface area (Å²) in [7, 11) is 1.92. The first kappa shape index (κ1) is 13.1. The average molecular weight is 268 g/mol. The second-order valence-corrected chi connectivity index (χ2v) is 4.64. The van der Waals surface area contributed by atoms with Crippen molar-refractivity contribution in [2.45, 2.75) is 20.0 Å². The fraction of sp³-hybridized carbons (Fsp3) is 0.308. The summed E-state index contributed by atoms with van der Waals surface area (Å²) in [6.07, 6.45) is 1.85. The monoisotopic (exact) mass is 267 g/mol. The molecular weight excluding hydrogens is 253 g/mol. The Hall–Kier alpha value is -1.39. The van der Waals surface area contributed by atoms with Gasteiger partial charge in [-0.3, -0.25) is 4.68 Å². The molecule has 0 saturated carbocycles. The standard InChI is InChI=1S/C13H15ClFN3/c1-9-11(8-17-18(9)2)7-16-6-10-3-4-13(15)12(14)5-10/h3-5,8,16H,6-7H2,1-2H3. The van der Waals surface area contributed by atoms with E-state index in [9.17, 15) is 4.39 Å². The minimum Gasteiger partial charge on any atom is -0.308 e. The Morgan fingerprint density at radius 1 is 1.39 bits per heavy atom. The van der Waals surface area contributed by atoms with Gasteiger partial charge in [0.15, 0.2) is 0 Å². The van der Waals surface area contributed by atoms with Crippen LogP contribution in [0.25, 0.3) is 0 Å². The molecule has 0 radical (unpaired) electrons. The predicted octanol–water partition coefficient (Wildman–Crippen LogP) is 2.81. The molecule has 0 fully saturated rings. The zero-order chi connectivity index (χ0) is 13.1. The van der Waals surface area contributed by atoms with E-state index in [0.717, 1.165) is 23.4 Å². The fourth-order valence-electron chi connectivity index (χ4n) is 1.71. The maximum absolute atomic E-state index is 13.0. The highest BCUT2D eigenvalue weighted by molar-refractivity contribution is 6.30. The number of nitrogens with one attached hydrogen (secondary N) is 1. The van der Waals surface area contributed by atoms with Gasteiger partial charge in [0.2, 0.25) is 0 Å².